The van der Waals surface area contributed by atoms with Crippen LogP contribution in [-0.2, 0) is 22.6 Å². The predicted molar refractivity (Wildman–Crippen MR) is 79.8 cm³/mol. The van der Waals surface area contributed by atoms with Crippen molar-refractivity contribution in [3.05, 3.63) is 35.4 Å². The van der Waals surface area contributed by atoms with Gasteiger partial charge < -0.3 is 15.7 Å². The van der Waals surface area contributed by atoms with Crippen LogP contribution in [0, 0.1) is 5.92 Å². The van der Waals surface area contributed by atoms with Crippen molar-refractivity contribution in [2.45, 2.75) is 45.3 Å². The number of carbonyl (C=O) groups excluding carboxylic acids is 1. The largest absolute Gasteiger partial charge is 0.480 e. The quantitative estimate of drug-likeness (QED) is 0.764. The summed E-state index contributed by atoms with van der Waals surface area (Å²) in [7, 11) is 0. The van der Waals surface area contributed by atoms with E-state index in [0.29, 0.717) is 19.4 Å². The molecule has 0 radical (unpaired) electrons. The van der Waals surface area contributed by atoms with E-state index in [1.54, 1.807) is 0 Å². The van der Waals surface area contributed by atoms with Gasteiger partial charge in [-0.1, -0.05) is 44.5 Å². The van der Waals surface area contributed by atoms with Crippen LogP contribution in [0.4, 0.5) is 0 Å². The molecule has 3 atom stereocenters. The maximum Gasteiger partial charge on any atom is 0.326 e. The van der Waals surface area contributed by atoms with Crippen molar-refractivity contribution in [3.8, 4) is 0 Å². The number of rotatable bonds is 5. The zero-order chi connectivity index (χ0) is 15.4. The number of amides is 1. The van der Waals surface area contributed by atoms with Gasteiger partial charge in [0.25, 0.3) is 0 Å². The molecule has 0 bridgehead atoms. The minimum Gasteiger partial charge on any atom is -0.480 e. The molecule has 0 fully saturated rings. The molecule has 3 N–H and O–H groups in total. The van der Waals surface area contributed by atoms with Gasteiger partial charge in [0.1, 0.15) is 6.04 Å². The fraction of sp³-hybridized carbons (Fsp3) is 0.500. The second-order valence-electron chi connectivity index (χ2n) is 5.62. The Morgan fingerprint density at radius 1 is 1.38 bits per heavy atom. The summed E-state index contributed by atoms with van der Waals surface area (Å²) in [6.07, 6.45) is 1.30. The first-order chi connectivity index (χ1) is 10.0. The molecule has 2 unspecified atom stereocenters. The first kappa shape index (κ1) is 15.5. The van der Waals surface area contributed by atoms with Crippen LogP contribution < -0.4 is 10.6 Å². The Balaban J connectivity index is 2.03. The lowest BCUT2D eigenvalue weighted by molar-refractivity contribution is -0.143. The summed E-state index contributed by atoms with van der Waals surface area (Å²) in [4.78, 5) is 23.6. The van der Waals surface area contributed by atoms with Crippen molar-refractivity contribution in [3.63, 3.8) is 0 Å². The van der Waals surface area contributed by atoms with Gasteiger partial charge in [-0.3, -0.25) is 4.79 Å². The highest BCUT2D eigenvalue weighted by atomic mass is 16.4. The maximum atomic E-state index is 12.3. The highest BCUT2D eigenvalue weighted by molar-refractivity contribution is 5.87. The molecule has 0 saturated carbocycles. The lowest BCUT2D eigenvalue weighted by atomic mass is 9.94. The second-order valence-corrected chi connectivity index (χ2v) is 5.62. The Hall–Kier alpha value is -1.88. The van der Waals surface area contributed by atoms with Gasteiger partial charge in [0.05, 0.1) is 6.04 Å². The lowest BCUT2D eigenvalue weighted by Gasteiger charge is -2.28. The summed E-state index contributed by atoms with van der Waals surface area (Å²) < 4.78 is 0. The van der Waals surface area contributed by atoms with Crippen LogP contribution >= 0.6 is 0 Å². The molecule has 2 rings (SSSR count). The van der Waals surface area contributed by atoms with Gasteiger partial charge in [0.15, 0.2) is 0 Å². The standard InChI is InChI=1S/C16H22N2O3/c1-3-10(2)14(16(20)21)18-15(19)13-8-11-6-4-5-7-12(11)9-17-13/h4-7,10,13-14,17H,3,8-9H2,1-2H3,(H,18,19)(H,20,21)/t10?,13-,14?/m1/s1. The first-order valence-corrected chi connectivity index (χ1v) is 7.36. The maximum absolute atomic E-state index is 12.3. The van der Waals surface area contributed by atoms with E-state index in [0.717, 1.165) is 5.56 Å². The fourth-order valence-electron chi connectivity index (χ4n) is 2.58. The number of benzene rings is 1. The Bertz CT molecular complexity index is 530. The molecule has 21 heavy (non-hydrogen) atoms. The molecule has 1 aromatic rings. The van der Waals surface area contributed by atoms with Gasteiger partial charge in [-0.05, 0) is 23.5 Å². The van der Waals surface area contributed by atoms with E-state index in [2.05, 4.69) is 10.6 Å². The summed E-state index contributed by atoms with van der Waals surface area (Å²) in [6, 6.07) is 6.78. The summed E-state index contributed by atoms with van der Waals surface area (Å²) in [5.41, 5.74) is 2.34. The minimum atomic E-state index is -0.978. The van der Waals surface area contributed by atoms with Crippen LogP contribution in [0.15, 0.2) is 24.3 Å². The van der Waals surface area contributed by atoms with Gasteiger partial charge in [-0.25, -0.2) is 4.79 Å². The monoisotopic (exact) mass is 290 g/mol. The van der Waals surface area contributed by atoms with Crippen LogP contribution in [0.5, 0.6) is 0 Å². The molecule has 1 amide bonds. The van der Waals surface area contributed by atoms with E-state index in [4.69, 9.17) is 0 Å². The molecule has 5 nitrogen and oxygen atoms in total. The molecule has 5 heteroatoms. The Labute approximate surface area is 124 Å². The third-order valence-corrected chi connectivity index (χ3v) is 4.17. The minimum absolute atomic E-state index is 0.0951. The normalized spacial score (nSPS) is 20.2. The number of carboxylic acids is 1. The first-order valence-electron chi connectivity index (χ1n) is 7.36. The van der Waals surface area contributed by atoms with Crippen molar-refractivity contribution >= 4 is 11.9 Å². The summed E-state index contributed by atoms with van der Waals surface area (Å²) >= 11 is 0. The molecule has 0 saturated heterocycles. The number of carboxylic acid groups (broad SMARTS) is 1. The Morgan fingerprint density at radius 2 is 2.05 bits per heavy atom. The fourth-order valence-corrected chi connectivity index (χ4v) is 2.58. The van der Waals surface area contributed by atoms with Gasteiger partial charge in [-0.15, -0.1) is 0 Å². The topological polar surface area (TPSA) is 78.4 Å². The van der Waals surface area contributed by atoms with E-state index in [1.807, 2.05) is 38.1 Å². The van der Waals surface area contributed by atoms with Crippen LogP contribution in [0.25, 0.3) is 0 Å². The van der Waals surface area contributed by atoms with Crippen LogP contribution in [-0.4, -0.2) is 29.1 Å². The smallest absolute Gasteiger partial charge is 0.326 e. The molecule has 1 heterocycles. The van der Waals surface area contributed by atoms with Crippen LogP contribution in [0.3, 0.4) is 0 Å². The number of hydrogen-bond donors (Lipinski definition) is 3. The predicted octanol–water partition coefficient (Wildman–Crippen LogP) is 1.32. The molecule has 1 aromatic carbocycles. The van der Waals surface area contributed by atoms with Crippen LogP contribution in [0.1, 0.15) is 31.4 Å². The van der Waals surface area contributed by atoms with Crippen molar-refractivity contribution in [1.82, 2.24) is 10.6 Å². The molecule has 0 aromatic heterocycles. The second kappa shape index (κ2) is 6.72. The summed E-state index contributed by atoms with van der Waals surface area (Å²) in [6.45, 7) is 4.39. The highest BCUT2D eigenvalue weighted by Crippen LogP contribution is 2.17. The average molecular weight is 290 g/mol. The summed E-state index contributed by atoms with van der Waals surface area (Å²) in [5.74, 6) is -1.31. The number of carbonyl (C=O) groups is 2. The zero-order valence-electron chi connectivity index (χ0n) is 12.4. The molecule has 0 spiro atoms. The van der Waals surface area contributed by atoms with Crippen LogP contribution in [0.2, 0.25) is 0 Å². The van der Waals surface area contributed by atoms with E-state index in [9.17, 15) is 14.7 Å². The molecule has 1 aliphatic heterocycles. The number of nitrogens with one attached hydrogen (secondary N) is 2. The van der Waals surface area contributed by atoms with Gasteiger partial charge in [0.2, 0.25) is 5.91 Å². The molecular formula is C16H22N2O3. The number of fused-ring (bicyclic) bond motifs is 1. The number of hydrogen-bond acceptors (Lipinski definition) is 3. The average Bonchev–Trinajstić information content (AvgIpc) is 2.50. The molecular weight excluding hydrogens is 268 g/mol. The van der Waals surface area contributed by atoms with Crippen molar-refractivity contribution in [1.29, 1.82) is 0 Å². The van der Waals surface area contributed by atoms with Gasteiger partial charge >= 0.3 is 5.97 Å². The SMILES string of the molecule is CCC(C)C(NC(=O)[C@H]1Cc2ccccc2CN1)C(=O)O. The highest BCUT2D eigenvalue weighted by Gasteiger charge is 2.30. The molecule has 114 valence electrons. The van der Waals surface area contributed by atoms with E-state index in [1.165, 1.54) is 5.56 Å². The van der Waals surface area contributed by atoms with Crippen molar-refractivity contribution in [2.75, 3.05) is 0 Å². The number of aliphatic carboxylic acids is 1. The summed E-state index contributed by atoms with van der Waals surface area (Å²) in [5, 5.41) is 15.1. The van der Waals surface area contributed by atoms with Crippen molar-refractivity contribution < 1.29 is 14.7 Å². The van der Waals surface area contributed by atoms with Gasteiger partial charge in [0, 0.05) is 6.54 Å². The van der Waals surface area contributed by atoms with E-state index >= 15 is 0 Å². The van der Waals surface area contributed by atoms with Crippen molar-refractivity contribution in [2.24, 2.45) is 5.92 Å². The van der Waals surface area contributed by atoms with E-state index < -0.39 is 12.0 Å². The lowest BCUT2D eigenvalue weighted by Crippen LogP contribution is -2.54. The van der Waals surface area contributed by atoms with Gasteiger partial charge in [-0.2, -0.15) is 0 Å². The van der Waals surface area contributed by atoms with E-state index in [-0.39, 0.29) is 17.9 Å². The third-order valence-electron chi connectivity index (χ3n) is 4.17. The molecule has 0 aliphatic carbocycles. The Kier molecular flexibility index (Phi) is 4.96. The Morgan fingerprint density at radius 3 is 2.67 bits per heavy atom. The third kappa shape index (κ3) is 3.61. The zero-order valence-corrected chi connectivity index (χ0v) is 12.4. The molecule has 1 aliphatic rings.